The lowest BCUT2D eigenvalue weighted by molar-refractivity contribution is 0.252. The minimum absolute atomic E-state index is 0.302. The normalized spacial score (nSPS) is 9.18. The molecule has 90 valence electrons. The summed E-state index contributed by atoms with van der Waals surface area (Å²) in [6.45, 7) is 2.87. The molecule has 2 N–H and O–H groups in total. The average Bonchev–Trinajstić information content (AvgIpc) is 2.32. The Balaban J connectivity index is 2.40. The van der Waals surface area contributed by atoms with Crippen molar-refractivity contribution in [1.82, 2.24) is 5.32 Å². The second-order valence-corrected chi connectivity index (χ2v) is 3.25. The highest BCUT2D eigenvalue weighted by Gasteiger charge is 2.00. The predicted molar refractivity (Wildman–Crippen MR) is 64.9 cm³/mol. The number of benzene rings is 1. The first-order chi connectivity index (χ1) is 8.26. The Bertz CT molecular complexity index is 395. The number of hydrogen-bond donors (Lipinski definition) is 2. The van der Waals surface area contributed by atoms with Gasteiger partial charge >= 0.3 is 6.03 Å². The maximum Gasteiger partial charge on any atom is 0.319 e. The number of rotatable bonds is 5. The van der Waals surface area contributed by atoms with E-state index in [1.807, 2.05) is 13.0 Å². The van der Waals surface area contributed by atoms with Gasteiger partial charge in [-0.2, -0.15) is 5.26 Å². The Morgan fingerprint density at radius 3 is 2.71 bits per heavy atom. The van der Waals surface area contributed by atoms with Gasteiger partial charge in [-0.15, -0.1) is 0 Å². The van der Waals surface area contributed by atoms with E-state index in [1.165, 1.54) is 0 Å². The number of hydrogen-bond acceptors (Lipinski definition) is 3. The monoisotopic (exact) mass is 233 g/mol. The fraction of sp³-hybridized carbons (Fsp3) is 0.333. The van der Waals surface area contributed by atoms with Gasteiger partial charge in [-0.25, -0.2) is 4.79 Å². The molecule has 1 aromatic rings. The van der Waals surface area contributed by atoms with Crippen LogP contribution < -0.4 is 15.4 Å². The van der Waals surface area contributed by atoms with Crippen molar-refractivity contribution in [3.63, 3.8) is 0 Å². The Morgan fingerprint density at radius 1 is 1.41 bits per heavy atom. The first kappa shape index (κ1) is 12.8. The van der Waals surface area contributed by atoms with E-state index >= 15 is 0 Å². The van der Waals surface area contributed by atoms with Crippen LogP contribution in [0.4, 0.5) is 10.5 Å². The fourth-order valence-electron chi connectivity index (χ4n) is 1.21. The average molecular weight is 233 g/mol. The highest BCUT2D eigenvalue weighted by atomic mass is 16.5. The Hall–Kier alpha value is -2.22. The van der Waals surface area contributed by atoms with Gasteiger partial charge in [0.05, 0.1) is 19.1 Å². The van der Waals surface area contributed by atoms with Gasteiger partial charge in [-0.05, 0) is 31.2 Å². The van der Waals surface area contributed by atoms with E-state index in [4.69, 9.17) is 10.00 Å². The Morgan fingerprint density at radius 2 is 2.12 bits per heavy atom. The van der Waals surface area contributed by atoms with E-state index in [-0.39, 0.29) is 6.03 Å². The van der Waals surface area contributed by atoms with Crippen LogP contribution in [-0.4, -0.2) is 19.2 Å². The van der Waals surface area contributed by atoms with E-state index in [0.717, 1.165) is 5.75 Å². The highest BCUT2D eigenvalue weighted by Crippen LogP contribution is 2.15. The number of carbonyl (C=O) groups is 1. The third-order valence-corrected chi connectivity index (χ3v) is 1.95. The van der Waals surface area contributed by atoms with Gasteiger partial charge in [-0.1, -0.05) is 0 Å². The zero-order valence-electron chi connectivity index (χ0n) is 9.69. The summed E-state index contributed by atoms with van der Waals surface area (Å²) in [6.07, 6.45) is 0.302. The number of amides is 2. The number of nitrogens with zero attached hydrogens (tertiary/aromatic N) is 1. The molecule has 0 heterocycles. The van der Waals surface area contributed by atoms with Gasteiger partial charge in [-0.3, -0.25) is 0 Å². The minimum Gasteiger partial charge on any atom is -0.494 e. The Kier molecular flexibility index (Phi) is 5.38. The summed E-state index contributed by atoms with van der Waals surface area (Å²) in [7, 11) is 0. The topological polar surface area (TPSA) is 74.2 Å². The van der Waals surface area contributed by atoms with E-state index in [9.17, 15) is 4.79 Å². The van der Waals surface area contributed by atoms with Crippen molar-refractivity contribution >= 4 is 11.7 Å². The second-order valence-electron chi connectivity index (χ2n) is 3.25. The minimum atomic E-state index is -0.315. The summed E-state index contributed by atoms with van der Waals surface area (Å²) in [5, 5.41) is 13.5. The summed E-state index contributed by atoms with van der Waals surface area (Å²) in [6, 6.07) is 8.72. The molecule has 0 unspecified atom stereocenters. The summed E-state index contributed by atoms with van der Waals surface area (Å²) in [4.78, 5) is 11.3. The van der Waals surface area contributed by atoms with Crippen LogP contribution in [0.25, 0.3) is 0 Å². The molecule has 5 nitrogen and oxygen atoms in total. The fourth-order valence-corrected chi connectivity index (χ4v) is 1.21. The van der Waals surface area contributed by atoms with Gasteiger partial charge in [0, 0.05) is 12.2 Å². The van der Waals surface area contributed by atoms with Crippen LogP contribution in [0.3, 0.4) is 0 Å². The molecule has 0 aliphatic heterocycles. The van der Waals surface area contributed by atoms with Crippen LogP contribution in [0.15, 0.2) is 24.3 Å². The molecule has 0 saturated heterocycles. The highest BCUT2D eigenvalue weighted by molar-refractivity contribution is 5.89. The standard InChI is InChI=1S/C12H15N3O2/c1-2-17-11-6-4-10(5-7-11)15-12(16)14-9-3-8-13/h4-7H,2-3,9H2,1H3,(H2,14,15,16). The molecular formula is C12H15N3O2. The number of urea groups is 1. The molecule has 0 bridgehead atoms. The third-order valence-electron chi connectivity index (χ3n) is 1.95. The van der Waals surface area contributed by atoms with E-state index in [2.05, 4.69) is 10.6 Å². The van der Waals surface area contributed by atoms with E-state index in [0.29, 0.717) is 25.3 Å². The zero-order valence-corrected chi connectivity index (χ0v) is 9.69. The maximum atomic E-state index is 11.3. The number of anilines is 1. The largest absolute Gasteiger partial charge is 0.494 e. The van der Waals surface area contributed by atoms with Crippen molar-refractivity contribution in [2.24, 2.45) is 0 Å². The molecule has 0 aliphatic carbocycles. The summed E-state index contributed by atoms with van der Waals surface area (Å²) in [5.74, 6) is 0.767. The van der Waals surface area contributed by atoms with Gasteiger partial charge in [0.1, 0.15) is 5.75 Å². The molecule has 0 saturated carbocycles. The molecule has 0 aliphatic rings. The molecule has 0 radical (unpaired) electrons. The number of nitriles is 1. The van der Waals surface area contributed by atoms with Gasteiger partial charge in [0.25, 0.3) is 0 Å². The predicted octanol–water partition coefficient (Wildman–Crippen LogP) is 2.12. The summed E-state index contributed by atoms with van der Waals surface area (Å²) < 4.78 is 5.28. The number of nitrogens with one attached hydrogen (secondary N) is 2. The van der Waals surface area contributed by atoms with Crippen LogP contribution in [0.2, 0.25) is 0 Å². The van der Waals surface area contributed by atoms with Gasteiger partial charge in [0.2, 0.25) is 0 Å². The first-order valence-corrected chi connectivity index (χ1v) is 5.41. The molecule has 0 atom stereocenters. The third kappa shape index (κ3) is 4.89. The van der Waals surface area contributed by atoms with Crippen LogP contribution >= 0.6 is 0 Å². The van der Waals surface area contributed by atoms with Crippen LogP contribution in [0, 0.1) is 11.3 Å². The van der Waals surface area contributed by atoms with Crippen LogP contribution in [0.5, 0.6) is 5.75 Å². The maximum absolute atomic E-state index is 11.3. The second kappa shape index (κ2) is 7.12. The van der Waals surface area contributed by atoms with Crippen molar-refractivity contribution in [3.05, 3.63) is 24.3 Å². The van der Waals surface area contributed by atoms with Crippen molar-refractivity contribution in [2.45, 2.75) is 13.3 Å². The SMILES string of the molecule is CCOc1ccc(NC(=O)NCCC#N)cc1. The lowest BCUT2D eigenvalue weighted by Gasteiger charge is -2.07. The van der Waals surface area contributed by atoms with Gasteiger partial charge < -0.3 is 15.4 Å². The number of carbonyl (C=O) groups excluding carboxylic acids is 1. The molecule has 0 fully saturated rings. The molecule has 5 heteroatoms. The van der Waals surface area contributed by atoms with E-state index < -0.39 is 0 Å². The van der Waals surface area contributed by atoms with Crippen molar-refractivity contribution in [2.75, 3.05) is 18.5 Å². The Labute approximate surface area is 100 Å². The van der Waals surface area contributed by atoms with Crippen molar-refractivity contribution < 1.29 is 9.53 Å². The van der Waals surface area contributed by atoms with Crippen LogP contribution in [-0.2, 0) is 0 Å². The lowest BCUT2D eigenvalue weighted by Crippen LogP contribution is -2.29. The van der Waals surface area contributed by atoms with Crippen molar-refractivity contribution in [3.8, 4) is 11.8 Å². The zero-order chi connectivity index (χ0) is 12.5. The summed E-state index contributed by atoms with van der Waals surface area (Å²) in [5.41, 5.74) is 0.683. The molecule has 0 spiro atoms. The quantitative estimate of drug-likeness (QED) is 0.765. The summed E-state index contributed by atoms with van der Waals surface area (Å²) >= 11 is 0. The molecule has 17 heavy (non-hydrogen) atoms. The molecule has 2 amide bonds. The molecule has 1 aromatic carbocycles. The molecular weight excluding hydrogens is 218 g/mol. The smallest absolute Gasteiger partial charge is 0.319 e. The number of ether oxygens (including phenoxy) is 1. The molecule has 0 aromatic heterocycles. The first-order valence-electron chi connectivity index (χ1n) is 5.41. The molecule has 1 rings (SSSR count). The van der Waals surface area contributed by atoms with E-state index in [1.54, 1.807) is 24.3 Å². The lowest BCUT2D eigenvalue weighted by atomic mass is 10.3. The van der Waals surface area contributed by atoms with Crippen LogP contribution in [0.1, 0.15) is 13.3 Å². The van der Waals surface area contributed by atoms with Gasteiger partial charge in [0.15, 0.2) is 0 Å². The van der Waals surface area contributed by atoms with Crippen molar-refractivity contribution in [1.29, 1.82) is 5.26 Å².